The van der Waals surface area contributed by atoms with E-state index in [9.17, 15) is 4.79 Å². The fourth-order valence-electron chi connectivity index (χ4n) is 3.08. The number of nitrogens with one attached hydrogen (secondary N) is 1. The second kappa shape index (κ2) is 7.42. The highest BCUT2D eigenvalue weighted by Crippen LogP contribution is 2.40. The van der Waals surface area contributed by atoms with Crippen LogP contribution in [0.25, 0.3) is 10.2 Å². The van der Waals surface area contributed by atoms with Crippen LogP contribution >= 0.6 is 34.7 Å². The molecule has 5 nitrogen and oxygen atoms in total. The Labute approximate surface area is 164 Å². The van der Waals surface area contributed by atoms with Crippen molar-refractivity contribution in [1.82, 2.24) is 9.97 Å². The highest BCUT2D eigenvalue weighted by atomic mass is 35.5. The Bertz CT molecular complexity index is 990. The summed E-state index contributed by atoms with van der Waals surface area (Å²) >= 11 is 9.29. The van der Waals surface area contributed by atoms with Crippen LogP contribution < -0.4 is 10.1 Å². The van der Waals surface area contributed by atoms with E-state index in [1.165, 1.54) is 28.6 Å². The van der Waals surface area contributed by atoms with Gasteiger partial charge in [0.1, 0.15) is 21.9 Å². The number of amides is 1. The molecule has 0 saturated heterocycles. The average Bonchev–Trinajstić information content (AvgIpc) is 3.21. The summed E-state index contributed by atoms with van der Waals surface area (Å²) in [5.41, 5.74) is 2.01. The summed E-state index contributed by atoms with van der Waals surface area (Å²) in [6.45, 7) is 0. The van der Waals surface area contributed by atoms with Crippen molar-refractivity contribution >= 4 is 56.5 Å². The normalized spacial score (nSPS) is 13.0. The Morgan fingerprint density at radius 2 is 2.27 bits per heavy atom. The Hall–Kier alpha value is -1.83. The van der Waals surface area contributed by atoms with Crippen LogP contribution in [0.2, 0.25) is 5.02 Å². The van der Waals surface area contributed by atoms with E-state index in [1.54, 1.807) is 43.0 Å². The summed E-state index contributed by atoms with van der Waals surface area (Å²) in [6, 6.07) is 5.17. The number of rotatable bonds is 5. The van der Waals surface area contributed by atoms with Crippen LogP contribution in [0.1, 0.15) is 16.9 Å². The molecular weight excluding hydrogens is 390 g/mol. The Balaban J connectivity index is 1.47. The summed E-state index contributed by atoms with van der Waals surface area (Å²) in [5, 5.41) is 5.34. The second-order valence-electron chi connectivity index (χ2n) is 5.90. The highest BCUT2D eigenvalue weighted by Gasteiger charge is 2.21. The van der Waals surface area contributed by atoms with Gasteiger partial charge in [-0.05, 0) is 43.0 Å². The first kappa shape index (κ1) is 17.6. The standard InChI is InChI=1S/C18H16ClN3O2S2/c1-24-13-6-5-10(7-12(13)19)22-15(23)8-25-17-16-11-3-2-4-14(11)26-18(16)21-9-20-17/h5-7,9H,2-4,8H2,1H3,(H,22,23). The maximum Gasteiger partial charge on any atom is 0.234 e. The zero-order valence-corrected chi connectivity index (χ0v) is 16.4. The van der Waals surface area contributed by atoms with Gasteiger partial charge in [-0.25, -0.2) is 9.97 Å². The van der Waals surface area contributed by atoms with Crippen molar-refractivity contribution in [3.63, 3.8) is 0 Å². The Kier molecular flexibility index (Phi) is 5.02. The number of hydrogen-bond acceptors (Lipinski definition) is 6. The summed E-state index contributed by atoms with van der Waals surface area (Å²) in [5.74, 6) is 0.754. The van der Waals surface area contributed by atoms with E-state index in [4.69, 9.17) is 16.3 Å². The molecule has 1 N–H and O–H groups in total. The summed E-state index contributed by atoms with van der Waals surface area (Å²) in [6.07, 6.45) is 4.97. The number of aryl methyl sites for hydroxylation is 2. The lowest BCUT2D eigenvalue weighted by Gasteiger charge is -2.08. The van der Waals surface area contributed by atoms with Gasteiger partial charge in [-0.3, -0.25) is 4.79 Å². The molecule has 1 aromatic carbocycles. The predicted octanol–water partition coefficient (Wildman–Crippen LogP) is 4.57. The smallest absolute Gasteiger partial charge is 0.234 e. The molecule has 2 aromatic heterocycles. The minimum Gasteiger partial charge on any atom is -0.495 e. The predicted molar refractivity (Wildman–Crippen MR) is 107 cm³/mol. The quantitative estimate of drug-likeness (QED) is 0.497. The van der Waals surface area contributed by atoms with Crippen molar-refractivity contribution in [2.24, 2.45) is 0 Å². The van der Waals surface area contributed by atoms with Gasteiger partial charge in [0.15, 0.2) is 0 Å². The Morgan fingerprint density at radius 1 is 1.38 bits per heavy atom. The molecule has 0 radical (unpaired) electrons. The molecule has 0 spiro atoms. The van der Waals surface area contributed by atoms with Crippen LogP contribution in [0.3, 0.4) is 0 Å². The number of ether oxygens (including phenoxy) is 1. The molecular formula is C18H16ClN3O2S2. The number of nitrogens with zero attached hydrogens (tertiary/aromatic N) is 2. The second-order valence-corrected chi connectivity index (χ2v) is 8.36. The lowest BCUT2D eigenvalue weighted by molar-refractivity contribution is -0.113. The van der Waals surface area contributed by atoms with Crippen molar-refractivity contribution in [3.05, 3.63) is 40.0 Å². The maximum absolute atomic E-state index is 12.3. The van der Waals surface area contributed by atoms with Crippen LogP contribution in [0.15, 0.2) is 29.6 Å². The third-order valence-electron chi connectivity index (χ3n) is 4.24. The van der Waals surface area contributed by atoms with Crippen molar-refractivity contribution in [1.29, 1.82) is 0 Å². The first-order valence-electron chi connectivity index (χ1n) is 8.17. The van der Waals surface area contributed by atoms with E-state index in [1.807, 2.05) is 0 Å². The van der Waals surface area contributed by atoms with Crippen LogP contribution in [0.4, 0.5) is 5.69 Å². The van der Waals surface area contributed by atoms with Crippen molar-refractivity contribution in [3.8, 4) is 5.75 Å². The summed E-state index contributed by atoms with van der Waals surface area (Å²) in [4.78, 5) is 23.6. The average molecular weight is 406 g/mol. The van der Waals surface area contributed by atoms with Gasteiger partial charge in [0.2, 0.25) is 5.91 Å². The SMILES string of the molecule is COc1ccc(NC(=O)CSc2ncnc3sc4c(c23)CCC4)cc1Cl. The number of carbonyl (C=O) groups excluding carboxylic acids is 1. The monoisotopic (exact) mass is 405 g/mol. The molecule has 26 heavy (non-hydrogen) atoms. The minimum absolute atomic E-state index is 0.102. The molecule has 1 aliphatic carbocycles. The number of thiophene rings is 1. The third kappa shape index (κ3) is 3.39. The lowest BCUT2D eigenvalue weighted by Crippen LogP contribution is -2.14. The number of anilines is 1. The van der Waals surface area contributed by atoms with Crippen molar-refractivity contribution in [2.75, 3.05) is 18.2 Å². The zero-order valence-electron chi connectivity index (χ0n) is 14.0. The zero-order chi connectivity index (χ0) is 18.1. The van der Waals surface area contributed by atoms with E-state index in [0.717, 1.165) is 28.1 Å². The van der Waals surface area contributed by atoms with Gasteiger partial charge in [0.05, 0.1) is 17.9 Å². The molecule has 4 rings (SSSR count). The van der Waals surface area contributed by atoms with E-state index in [2.05, 4.69) is 15.3 Å². The molecule has 3 aromatic rings. The van der Waals surface area contributed by atoms with Crippen LogP contribution in [-0.2, 0) is 17.6 Å². The minimum atomic E-state index is -0.102. The summed E-state index contributed by atoms with van der Waals surface area (Å²) < 4.78 is 5.12. The van der Waals surface area contributed by atoms with E-state index in [0.29, 0.717) is 16.5 Å². The van der Waals surface area contributed by atoms with Crippen LogP contribution in [-0.4, -0.2) is 28.7 Å². The topological polar surface area (TPSA) is 64.1 Å². The molecule has 0 fully saturated rings. The molecule has 134 valence electrons. The largest absolute Gasteiger partial charge is 0.495 e. The molecule has 0 atom stereocenters. The van der Waals surface area contributed by atoms with Gasteiger partial charge in [-0.15, -0.1) is 11.3 Å². The van der Waals surface area contributed by atoms with Gasteiger partial charge in [0.25, 0.3) is 0 Å². The van der Waals surface area contributed by atoms with Gasteiger partial charge in [0, 0.05) is 16.0 Å². The van der Waals surface area contributed by atoms with E-state index >= 15 is 0 Å². The van der Waals surface area contributed by atoms with E-state index in [-0.39, 0.29) is 11.7 Å². The number of fused-ring (bicyclic) bond motifs is 3. The van der Waals surface area contributed by atoms with Crippen molar-refractivity contribution in [2.45, 2.75) is 24.3 Å². The molecule has 0 unspecified atom stereocenters. The summed E-state index contributed by atoms with van der Waals surface area (Å²) in [7, 11) is 1.56. The molecule has 1 amide bonds. The highest BCUT2D eigenvalue weighted by molar-refractivity contribution is 8.00. The van der Waals surface area contributed by atoms with Crippen LogP contribution in [0.5, 0.6) is 5.75 Å². The number of hydrogen-bond donors (Lipinski definition) is 1. The fourth-order valence-corrected chi connectivity index (χ4v) is 5.46. The van der Waals surface area contributed by atoms with Crippen molar-refractivity contribution < 1.29 is 9.53 Å². The maximum atomic E-state index is 12.3. The Morgan fingerprint density at radius 3 is 3.08 bits per heavy atom. The van der Waals surface area contributed by atoms with Gasteiger partial charge < -0.3 is 10.1 Å². The molecule has 8 heteroatoms. The molecule has 2 heterocycles. The van der Waals surface area contributed by atoms with E-state index < -0.39 is 0 Å². The number of benzene rings is 1. The molecule has 0 bridgehead atoms. The lowest BCUT2D eigenvalue weighted by atomic mass is 10.2. The van der Waals surface area contributed by atoms with Gasteiger partial charge in [-0.2, -0.15) is 0 Å². The number of methoxy groups -OCH3 is 1. The first-order valence-corrected chi connectivity index (χ1v) is 10.3. The number of thioether (sulfide) groups is 1. The number of aromatic nitrogens is 2. The molecule has 1 aliphatic rings. The number of halogens is 1. The number of carbonyl (C=O) groups is 1. The molecule has 0 aliphatic heterocycles. The van der Waals surface area contributed by atoms with Gasteiger partial charge >= 0.3 is 0 Å². The molecule has 0 saturated carbocycles. The first-order chi connectivity index (χ1) is 12.7. The van der Waals surface area contributed by atoms with Crippen LogP contribution in [0, 0.1) is 0 Å². The fraction of sp³-hybridized carbons (Fsp3) is 0.278. The van der Waals surface area contributed by atoms with Gasteiger partial charge in [-0.1, -0.05) is 23.4 Å². The third-order valence-corrected chi connectivity index (χ3v) is 6.73.